The van der Waals surface area contributed by atoms with Crippen molar-refractivity contribution >= 4 is 17.6 Å². The van der Waals surface area contributed by atoms with Crippen LogP contribution in [0.3, 0.4) is 0 Å². The fraction of sp³-hybridized carbons (Fsp3) is 0.130. The highest BCUT2D eigenvalue weighted by molar-refractivity contribution is 6.08. The molecule has 3 rings (SSSR count). The first-order valence-corrected chi connectivity index (χ1v) is 8.80. The molecule has 0 spiro atoms. The lowest BCUT2D eigenvalue weighted by molar-refractivity contribution is 0.0698. The van der Waals surface area contributed by atoms with Gasteiger partial charge in [0.2, 0.25) is 0 Å². The van der Waals surface area contributed by atoms with Gasteiger partial charge in [-0.15, -0.1) is 0 Å². The van der Waals surface area contributed by atoms with Crippen LogP contribution in [0.4, 0.5) is 5.69 Å². The van der Waals surface area contributed by atoms with Gasteiger partial charge in [-0.25, -0.2) is 4.79 Å². The third-order valence-electron chi connectivity index (χ3n) is 4.44. The van der Waals surface area contributed by atoms with E-state index in [9.17, 15) is 14.7 Å². The van der Waals surface area contributed by atoms with E-state index >= 15 is 0 Å². The summed E-state index contributed by atoms with van der Waals surface area (Å²) in [4.78, 5) is 24.0. The molecule has 0 atom stereocenters. The molecule has 0 aliphatic carbocycles. The maximum Gasteiger partial charge on any atom is 0.337 e. The Hall–Kier alpha value is -3.40. The highest BCUT2D eigenvalue weighted by Gasteiger charge is 2.15. The molecule has 2 N–H and O–H groups in total. The number of carboxylic acids is 1. The Morgan fingerprint density at radius 3 is 2.07 bits per heavy atom. The molecule has 0 fully saturated rings. The Bertz CT molecular complexity index is 961. The van der Waals surface area contributed by atoms with E-state index in [2.05, 4.69) is 31.3 Å². The van der Waals surface area contributed by atoms with Crippen molar-refractivity contribution in [3.63, 3.8) is 0 Å². The van der Waals surface area contributed by atoms with Gasteiger partial charge in [0.1, 0.15) is 0 Å². The zero-order valence-corrected chi connectivity index (χ0v) is 15.3. The van der Waals surface area contributed by atoms with E-state index in [1.165, 1.54) is 11.6 Å². The maximum absolute atomic E-state index is 12.5. The van der Waals surface area contributed by atoms with Crippen molar-refractivity contribution in [2.45, 2.75) is 19.8 Å². The molecule has 0 saturated carbocycles. The van der Waals surface area contributed by atoms with E-state index in [0.717, 1.165) is 11.1 Å². The Labute approximate surface area is 158 Å². The van der Waals surface area contributed by atoms with Crippen LogP contribution in [0.1, 0.15) is 46.0 Å². The monoisotopic (exact) mass is 359 g/mol. The van der Waals surface area contributed by atoms with E-state index in [0.29, 0.717) is 11.5 Å². The van der Waals surface area contributed by atoms with Crippen molar-refractivity contribution in [1.82, 2.24) is 0 Å². The van der Waals surface area contributed by atoms with Crippen LogP contribution in [0.5, 0.6) is 0 Å². The molecule has 0 bridgehead atoms. The number of hydrogen-bond donors (Lipinski definition) is 2. The molecule has 0 saturated heterocycles. The maximum atomic E-state index is 12.5. The Balaban J connectivity index is 1.95. The van der Waals surface area contributed by atoms with E-state index in [-0.39, 0.29) is 17.2 Å². The minimum absolute atomic E-state index is 0.0573. The summed E-state index contributed by atoms with van der Waals surface area (Å²) in [5.41, 5.74) is 3.85. The van der Waals surface area contributed by atoms with Crippen molar-refractivity contribution in [2.75, 3.05) is 5.32 Å². The largest absolute Gasteiger partial charge is 0.478 e. The topological polar surface area (TPSA) is 66.4 Å². The van der Waals surface area contributed by atoms with E-state index in [1.807, 2.05) is 18.2 Å². The quantitative estimate of drug-likeness (QED) is 0.638. The summed E-state index contributed by atoms with van der Waals surface area (Å²) in [6, 6.07) is 21.8. The Morgan fingerprint density at radius 1 is 0.852 bits per heavy atom. The molecule has 27 heavy (non-hydrogen) atoms. The number of carboxylic acid groups (broad SMARTS) is 1. The number of carbonyl (C=O) groups excluding carboxylic acids is 1. The lowest BCUT2D eigenvalue weighted by Crippen LogP contribution is -2.14. The number of amides is 1. The van der Waals surface area contributed by atoms with Crippen molar-refractivity contribution in [2.24, 2.45) is 0 Å². The first-order valence-electron chi connectivity index (χ1n) is 8.80. The van der Waals surface area contributed by atoms with Gasteiger partial charge in [0.15, 0.2) is 0 Å². The molecule has 4 heteroatoms. The Kier molecular flexibility index (Phi) is 5.36. The molecule has 4 nitrogen and oxygen atoms in total. The number of rotatable bonds is 5. The van der Waals surface area contributed by atoms with E-state index in [1.54, 1.807) is 36.4 Å². The van der Waals surface area contributed by atoms with Gasteiger partial charge in [-0.3, -0.25) is 4.79 Å². The van der Waals surface area contributed by atoms with Gasteiger partial charge in [0.05, 0.1) is 11.3 Å². The van der Waals surface area contributed by atoms with Gasteiger partial charge >= 0.3 is 5.97 Å². The van der Waals surface area contributed by atoms with E-state index < -0.39 is 5.97 Å². The smallest absolute Gasteiger partial charge is 0.337 e. The minimum atomic E-state index is -1.08. The van der Waals surface area contributed by atoms with Gasteiger partial charge in [-0.05, 0) is 46.9 Å². The zero-order chi connectivity index (χ0) is 19.4. The van der Waals surface area contributed by atoms with Crippen LogP contribution in [-0.2, 0) is 0 Å². The molecule has 3 aromatic rings. The van der Waals surface area contributed by atoms with Gasteiger partial charge in [-0.2, -0.15) is 0 Å². The molecule has 0 aliphatic heterocycles. The standard InChI is InChI=1S/C23H21NO3/c1-15(2)16-8-10-17(11-9-16)19-12-13-20(23(26)27)21(14-19)24-22(25)18-6-4-3-5-7-18/h3-15H,1-2H3,(H,24,25)(H,26,27). The van der Waals surface area contributed by atoms with Crippen molar-refractivity contribution in [3.05, 3.63) is 89.5 Å². The first kappa shape index (κ1) is 18.4. The number of anilines is 1. The van der Waals surface area contributed by atoms with Crippen LogP contribution in [0.25, 0.3) is 11.1 Å². The van der Waals surface area contributed by atoms with Crippen molar-refractivity contribution < 1.29 is 14.7 Å². The fourth-order valence-corrected chi connectivity index (χ4v) is 2.86. The zero-order valence-electron chi connectivity index (χ0n) is 15.3. The molecule has 0 unspecified atom stereocenters. The molecular formula is C23H21NO3. The van der Waals surface area contributed by atoms with Crippen molar-refractivity contribution in [1.29, 1.82) is 0 Å². The number of hydrogen-bond acceptors (Lipinski definition) is 2. The summed E-state index contributed by atoms with van der Waals surface area (Å²) in [5.74, 6) is -0.986. The van der Waals surface area contributed by atoms with Gasteiger partial charge in [0.25, 0.3) is 5.91 Å². The summed E-state index contributed by atoms with van der Waals surface area (Å²) in [7, 11) is 0. The molecule has 0 heterocycles. The lowest BCUT2D eigenvalue weighted by Gasteiger charge is -2.12. The second kappa shape index (κ2) is 7.87. The average Bonchev–Trinajstić information content (AvgIpc) is 2.68. The number of aromatic carboxylic acids is 1. The molecular weight excluding hydrogens is 338 g/mol. The molecule has 0 aliphatic rings. The van der Waals surface area contributed by atoms with Crippen LogP contribution in [-0.4, -0.2) is 17.0 Å². The predicted octanol–water partition coefficient (Wildman–Crippen LogP) is 5.43. The fourth-order valence-electron chi connectivity index (χ4n) is 2.86. The minimum Gasteiger partial charge on any atom is -0.478 e. The highest BCUT2D eigenvalue weighted by Crippen LogP contribution is 2.28. The van der Waals surface area contributed by atoms with Crippen LogP contribution in [0.2, 0.25) is 0 Å². The van der Waals surface area contributed by atoms with Gasteiger partial charge in [-0.1, -0.05) is 62.4 Å². The van der Waals surface area contributed by atoms with Gasteiger partial charge < -0.3 is 10.4 Å². The molecule has 0 radical (unpaired) electrons. The molecule has 136 valence electrons. The Morgan fingerprint density at radius 2 is 1.48 bits per heavy atom. The third kappa shape index (κ3) is 4.23. The summed E-state index contributed by atoms with van der Waals surface area (Å²) in [6.07, 6.45) is 0. The average molecular weight is 359 g/mol. The van der Waals surface area contributed by atoms with Crippen LogP contribution < -0.4 is 5.32 Å². The number of carbonyl (C=O) groups is 2. The summed E-state index contributed by atoms with van der Waals surface area (Å²) < 4.78 is 0. The van der Waals surface area contributed by atoms with Gasteiger partial charge in [0, 0.05) is 5.56 Å². The summed E-state index contributed by atoms with van der Waals surface area (Å²) >= 11 is 0. The number of nitrogens with one attached hydrogen (secondary N) is 1. The lowest BCUT2D eigenvalue weighted by atomic mass is 9.97. The van der Waals surface area contributed by atoms with Crippen molar-refractivity contribution in [3.8, 4) is 11.1 Å². The van der Waals surface area contributed by atoms with Crippen LogP contribution >= 0.6 is 0 Å². The first-order chi connectivity index (χ1) is 13.0. The summed E-state index contributed by atoms with van der Waals surface area (Å²) in [6.45, 7) is 4.27. The van der Waals surface area contributed by atoms with Crippen LogP contribution in [0.15, 0.2) is 72.8 Å². The predicted molar refractivity (Wildman–Crippen MR) is 107 cm³/mol. The molecule has 3 aromatic carbocycles. The van der Waals surface area contributed by atoms with Crippen LogP contribution in [0, 0.1) is 0 Å². The normalized spacial score (nSPS) is 10.6. The highest BCUT2D eigenvalue weighted by atomic mass is 16.4. The SMILES string of the molecule is CC(C)c1ccc(-c2ccc(C(=O)O)c(NC(=O)c3ccccc3)c2)cc1. The van der Waals surface area contributed by atoms with E-state index in [4.69, 9.17) is 0 Å². The number of benzene rings is 3. The summed E-state index contributed by atoms with van der Waals surface area (Å²) in [5, 5.41) is 12.2. The molecule has 1 amide bonds. The second-order valence-electron chi connectivity index (χ2n) is 6.66. The second-order valence-corrected chi connectivity index (χ2v) is 6.66. The third-order valence-corrected chi connectivity index (χ3v) is 4.44. The molecule has 0 aromatic heterocycles.